The van der Waals surface area contributed by atoms with Gasteiger partial charge in [0.15, 0.2) is 12.1 Å². The van der Waals surface area contributed by atoms with Crippen LogP contribution in [-0.2, 0) is 11.5 Å². The Hall–Kier alpha value is -0.330. The Bertz CT molecular complexity index is 360. The minimum atomic E-state index is -0.518. The van der Waals surface area contributed by atoms with Gasteiger partial charge in [0.1, 0.15) is 11.3 Å². The molecule has 0 saturated heterocycles. The minimum absolute atomic E-state index is 0.377. The first-order chi connectivity index (χ1) is 7.42. The smallest absolute Gasteiger partial charge is 0.185 e. The van der Waals surface area contributed by atoms with Gasteiger partial charge in [0.05, 0.1) is 6.61 Å². The summed E-state index contributed by atoms with van der Waals surface area (Å²) in [7, 11) is -0.518. The van der Waals surface area contributed by atoms with Crippen LogP contribution in [0.1, 0.15) is 10.6 Å². The first-order valence-corrected chi connectivity index (χ1v) is 8.66. The van der Waals surface area contributed by atoms with E-state index < -0.39 is 10.0 Å². The van der Waals surface area contributed by atoms with Crippen LogP contribution in [0.25, 0.3) is 0 Å². The van der Waals surface area contributed by atoms with Crippen molar-refractivity contribution >= 4 is 32.2 Å². The van der Waals surface area contributed by atoms with Crippen LogP contribution in [-0.4, -0.2) is 47.0 Å². The van der Waals surface area contributed by atoms with E-state index in [0.29, 0.717) is 23.8 Å². The highest BCUT2D eigenvalue weighted by Crippen LogP contribution is 2.33. The number of carbonyl (C=O) groups excluding carboxylic acids is 1. The van der Waals surface area contributed by atoms with Crippen molar-refractivity contribution in [1.82, 2.24) is 9.55 Å². The monoisotopic (exact) mass is 308 g/mol. The third-order valence-electron chi connectivity index (χ3n) is 1.95. The molecule has 0 saturated carbocycles. The molecule has 4 nitrogen and oxygen atoms in total. The summed E-state index contributed by atoms with van der Waals surface area (Å²) in [5.41, 5.74) is 0. The number of hydrogen-bond donors (Lipinski definition) is 0. The van der Waals surface area contributed by atoms with E-state index in [1.54, 1.807) is 10.8 Å². The van der Waals surface area contributed by atoms with Crippen LogP contribution in [0.4, 0.5) is 0 Å². The van der Waals surface area contributed by atoms with Gasteiger partial charge in [0.25, 0.3) is 0 Å². The molecule has 0 aliphatic heterocycles. The van der Waals surface area contributed by atoms with Gasteiger partial charge < -0.3 is 9.30 Å². The Morgan fingerprint density at radius 3 is 2.81 bits per heavy atom. The van der Waals surface area contributed by atoms with Crippen LogP contribution in [0.2, 0.25) is 0 Å². The number of ether oxygens (including phenoxy) is 1. The summed E-state index contributed by atoms with van der Waals surface area (Å²) >= 11 is 3.22. The Labute approximate surface area is 106 Å². The molecule has 0 atom stereocenters. The summed E-state index contributed by atoms with van der Waals surface area (Å²) in [5, 5.41) is 0. The second-order valence-corrected chi connectivity index (χ2v) is 9.74. The van der Waals surface area contributed by atoms with Crippen LogP contribution in [0.5, 0.6) is 0 Å². The Kier molecular flexibility index (Phi) is 5.01. The molecule has 0 aliphatic rings. The molecule has 0 bridgehead atoms. The Balaban J connectivity index is 2.40. The van der Waals surface area contributed by atoms with E-state index in [9.17, 15) is 4.79 Å². The molecule has 0 radical (unpaired) electrons. The number of halogens is 1. The highest BCUT2D eigenvalue weighted by atomic mass is 79.9. The van der Waals surface area contributed by atoms with Gasteiger partial charge >= 0.3 is 0 Å². The van der Waals surface area contributed by atoms with Crippen molar-refractivity contribution in [3.8, 4) is 0 Å². The van der Waals surface area contributed by atoms with Crippen molar-refractivity contribution in [2.45, 2.75) is 6.73 Å². The van der Waals surface area contributed by atoms with E-state index in [4.69, 9.17) is 4.74 Å². The van der Waals surface area contributed by atoms with Crippen LogP contribution in [0.3, 0.4) is 0 Å². The highest BCUT2D eigenvalue weighted by Gasteiger charge is 2.06. The topological polar surface area (TPSA) is 44.1 Å². The standard InChI is InChI=1S/C10H17BrN2O2S/c1-16(2,3)5-4-15-8-13-6-9(11)12-10(13)7-14/h6-7H,4-5,8H2,1-3H3. The summed E-state index contributed by atoms with van der Waals surface area (Å²) in [6, 6.07) is 0. The summed E-state index contributed by atoms with van der Waals surface area (Å²) in [6.07, 6.45) is 9.22. The van der Waals surface area contributed by atoms with E-state index in [1.165, 1.54) is 0 Å². The fourth-order valence-electron chi connectivity index (χ4n) is 1.07. The number of imidazole rings is 1. The largest absolute Gasteiger partial charge is 0.360 e. The van der Waals surface area contributed by atoms with Crippen molar-refractivity contribution in [3.05, 3.63) is 16.6 Å². The van der Waals surface area contributed by atoms with E-state index in [0.717, 1.165) is 12.0 Å². The van der Waals surface area contributed by atoms with Crippen LogP contribution < -0.4 is 0 Å². The van der Waals surface area contributed by atoms with Gasteiger partial charge in [-0.1, -0.05) is 0 Å². The van der Waals surface area contributed by atoms with Crippen molar-refractivity contribution in [3.63, 3.8) is 0 Å². The van der Waals surface area contributed by atoms with Gasteiger partial charge in [-0.3, -0.25) is 4.79 Å². The maximum atomic E-state index is 10.7. The van der Waals surface area contributed by atoms with Gasteiger partial charge in [-0.05, 0) is 34.7 Å². The van der Waals surface area contributed by atoms with E-state index in [-0.39, 0.29) is 0 Å². The molecule has 16 heavy (non-hydrogen) atoms. The lowest BCUT2D eigenvalue weighted by Crippen LogP contribution is -2.11. The number of aromatic nitrogens is 2. The molecule has 6 heteroatoms. The first kappa shape index (κ1) is 13.7. The molecule has 0 aliphatic carbocycles. The number of nitrogens with zero attached hydrogens (tertiary/aromatic N) is 2. The summed E-state index contributed by atoms with van der Waals surface area (Å²) in [6.45, 7) is 1.09. The summed E-state index contributed by atoms with van der Waals surface area (Å²) < 4.78 is 7.86. The maximum Gasteiger partial charge on any atom is 0.185 e. The molecule has 1 rings (SSSR count). The fraction of sp³-hybridized carbons (Fsp3) is 0.600. The average molecular weight is 309 g/mol. The average Bonchev–Trinajstić information content (AvgIpc) is 2.52. The van der Waals surface area contributed by atoms with Crippen molar-refractivity contribution in [2.75, 3.05) is 31.1 Å². The van der Waals surface area contributed by atoms with Gasteiger partial charge in [-0.2, -0.15) is 0 Å². The molecule has 0 amide bonds. The minimum Gasteiger partial charge on any atom is -0.360 e. The van der Waals surface area contributed by atoms with Crippen molar-refractivity contribution in [1.29, 1.82) is 0 Å². The van der Waals surface area contributed by atoms with Gasteiger partial charge in [-0.15, -0.1) is 0 Å². The zero-order valence-electron chi connectivity index (χ0n) is 9.77. The predicted molar refractivity (Wildman–Crippen MR) is 71.5 cm³/mol. The third kappa shape index (κ3) is 4.67. The van der Waals surface area contributed by atoms with Gasteiger partial charge in [-0.25, -0.2) is 15.0 Å². The molecule has 0 unspecified atom stereocenters. The molecule has 1 aromatic heterocycles. The molecule has 1 heterocycles. The van der Waals surface area contributed by atoms with Crippen LogP contribution in [0.15, 0.2) is 10.8 Å². The highest BCUT2D eigenvalue weighted by molar-refractivity contribution is 9.10. The maximum absolute atomic E-state index is 10.7. The molecular formula is C10H17BrN2O2S. The number of aldehydes is 1. The number of hydrogen-bond acceptors (Lipinski definition) is 3. The van der Waals surface area contributed by atoms with E-state index >= 15 is 0 Å². The molecule has 0 aromatic carbocycles. The lowest BCUT2D eigenvalue weighted by Gasteiger charge is -2.24. The van der Waals surface area contributed by atoms with Crippen LogP contribution in [0, 0.1) is 0 Å². The zero-order chi connectivity index (χ0) is 12.2. The molecule has 92 valence electrons. The zero-order valence-corrected chi connectivity index (χ0v) is 12.2. The molecule has 0 spiro atoms. The second-order valence-electron chi connectivity index (χ2n) is 4.34. The van der Waals surface area contributed by atoms with Gasteiger partial charge in [0.2, 0.25) is 0 Å². The quantitative estimate of drug-likeness (QED) is 0.597. The third-order valence-corrected chi connectivity index (χ3v) is 3.73. The molecular weight excluding hydrogens is 292 g/mol. The number of rotatable bonds is 6. The molecule has 0 fully saturated rings. The van der Waals surface area contributed by atoms with Crippen molar-refractivity contribution < 1.29 is 9.53 Å². The molecule has 0 N–H and O–H groups in total. The first-order valence-electron chi connectivity index (χ1n) is 4.84. The van der Waals surface area contributed by atoms with Gasteiger partial charge in [0, 0.05) is 11.9 Å². The number of carbonyl (C=O) groups is 1. The van der Waals surface area contributed by atoms with E-state index in [1.807, 2.05) is 0 Å². The Morgan fingerprint density at radius 1 is 1.56 bits per heavy atom. The summed E-state index contributed by atoms with van der Waals surface area (Å²) in [4.78, 5) is 14.7. The second kappa shape index (κ2) is 5.84. The SMILES string of the molecule is CS(C)(C)CCOCn1cc(Br)nc1C=O. The van der Waals surface area contributed by atoms with Crippen molar-refractivity contribution in [2.24, 2.45) is 0 Å². The molecule has 1 aromatic rings. The van der Waals surface area contributed by atoms with Crippen LogP contribution >= 0.6 is 26.0 Å². The Morgan fingerprint density at radius 2 is 2.25 bits per heavy atom. The van der Waals surface area contributed by atoms with E-state index in [2.05, 4.69) is 39.7 Å². The normalized spacial score (nSPS) is 12.8. The fourth-order valence-corrected chi connectivity index (χ4v) is 2.11. The predicted octanol–water partition coefficient (Wildman–Crippen LogP) is 2.13. The lowest BCUT2D eigenvalue weighted by molar-refractivity contribution is 0.0852. The summed E-state index contributed by atoms with van der Waals surface area (Å²) in [5.74, 6) is 1.45. The lowest BCUT2D eigenvalue weighted by atomic mass is 10.7.